The van der Waals surface area contributed by atoms with Crippen LogP contribution >= 0.6 is 0 Å². The SMILES string of the molecule is CC[C@H](C)/C(C)=N\NC(=O)c1ccc(F)cc1. The van der Waals surface area contributed by atoms with Crippen molar-refractivity contribution < 1.29 is 9.18 Å². The molecule has 92 valence electrons. The average Bonchev–Trinajstić information content (AvgIpc) is 2.35. The molecule has 0 aliphatic carbocycles. The van der Waals surface area contributed by atoms with Crippen LogP contribution in [0.1, 0.15) is 37.6 Å². The number of carbonyl (C=O) groups is 1. The van der Waals surface area contributed by atoms with Gasteiger partial charge in [0.15, 0.2) is 0 Å². The van der Waals surface area contributed by atoms with Gasteiger partial charge in [-0.15, -0.1) is 0 Å². The zero-order chi connectivity index (χ0) is 12.8. The van der Waals surface area contributed by atoms with Gasteiger partial charge in [0.1, 0.15) is 5.82 Å². The van der Waals surface area contributed by atoms with Gasteiger partial charge in [-0.1, -0.05) is 13.8 Å². The first-order chi connectivity index (χ1) is 8.04. The maximum absolute atomic E-state index is 12.7. The first-order valence-electron chi connectivity index (χ1n) is 5.64. The molecule has 0 saturated carbocycles. The summed E-state index contributed by atoms with van der Waals surface area (Å²) in [5.74, 6) is -0.350. The minimum absolute atomic E-state index is 0.326. The molecule has 0 radical (unpaired) electrons. The molecule has 1 atom stereocenters. The summed E-state index contributed by atoms with van der Waals surface area (Å²) in [6.45, 7) is 5.98. The molecule has 0 unspecified atom stereocenters. The molecule has 1 N–H and O–H groups in total. The molecule has 0 aliphatic rings. The van der Waals surface area contributed by atoms with Gasteiger partial charge in [-0.05, 0) is 43.5 Å². The zero-order valence-corrected chi connectivity index (χ0v) is 10.3. The van der Waals surface area contributed by atoms with Crippen molar-refractivity contribution in [2.75, 3.05) is 0 Å². The smallest absolute Gasteiger partial charge is 0.267 e. The van der Waals surface area contributed by atoms with Crippen molar-refractivity contribution in [3.63, 3.8) is 0 Å². The van der Waals surface area contributed by atoms with Gasteiger partial charge in [0.05, 0.1) is 0 Å². The second-order valence-corrected chi connectivity index (χ2v) is 4.01. The summed E-state index contributed by atoms with van der Waals surface area (Å²) in [4.78, 5) is 11.6. The standard InChI is InChI=1S/C13H17FN2O/c1-4-9(2)10(3)15-16-13(17)11-5-7-12(14)8-6-11/h5-9H,4H2,1-3H3,(H,16,17)/b15-10-/t9-/m0/s1. The number of rotatable bonds is 4. The normalized spacial score (nSPS) is 13.3. The number of amides is 1. The van der Waals surface area contributed by atoms with Crippen LogP contribution in [0.2, 0.25) is 0 Å². The van der Waals surface area contributed by atoms with E-state index in [1.165, 1.54) is 24.3 Å². The van der Waals surface area contributed by atoms with E-state index >= 15 is 0 Å². The van der Waals surface area contributed by atoms with E-state index in [4.69, 9.17) is 0 Å². The molecular weight excluding hydrogens is 219 g/mol. The molecule has 4 heteroatoms. The number of halogens is 1. The number of hydrogen-bond donors (Lipinski definition) is 1. The second kappa shape index (κ2) is 6.13. The quantitative estimate of drug-likeness (QED) is 0.633. The lowest BCUT2D eigenvalue weighted by Crippen LogP contribution is -2.20. The van der Waals surface area contributed by atoms with Crippen molar-refractivity contribution in [2.45, 2.75) is 27.2 Å². The first-order valence-corrected chi connectivity index (χ1v) is 5.64. The number of nitrogens with zero attached hydrogens (tertiary/aromatic N) is 1. The molecular formula is C13H17FN2O. The Bertz CT molecular complexity index is 412. The highest BCUT2D eigenvalue weighted by Crippen LogP contribution is 2.04. The Morgan fingerprint density at radius 1 is 1.41 bits per heavy atom. The highest BCUT2D eigenvalue weighted by molar-refractivity contribution is 5.95. The molecule has 1 amide bonds. The third-order valence-electron chi connectivity index (χ3n) is 2.77. The Morgan fingerprint density at radius 3 is 2.53 bits per heavy atom. The van der Waals surface area contributed by atoms with E-state index in [1.807, 2.05) is 13.8 Å². The summed E-state index contributed by atoms with van der Waals surface area (Å²) in [6.07, 6.45) is 0.974. The zero-order valence-electron chi connectivity index (χ0n) is 10.3. The fourth-order valence-corrected chi connectivity index (χ4v) is 1.21. The van der Waals surface area contributed by atoms with Crippen LogP contribution in [-0.2, 0) is 0 Å². The van der Waals surface area contributed by atoms with E-state index < -0.39 is 0 Å². The van der Waals surface area contributed by atoms with Crippen molar-refractivity contribution in [3.8, 4) is 0 Å². The van der Waals surface area contributed by atoms with Gasteiger partial charge >= 0.3 is 0 Å². The van der Waals surface area contributed by atoms with Gasteiger partial charge in [0, 0.05) is 11.3 Å². The van der Waals surface area contributed by atoms with Crippen molar-refractivity contribution in [2.24, 2.45) is 11.0 Å². The molecule has 0 fully saturated rings. The molecule has 0 spiro atoms. The minimum atomic E-state index is -0.360. The Balaban J connectivity index is 2.64. The maximum atomic E-state index is 12.7. The van der Waals surface area contributed by atoms with E-state index in [-0.39, 0.29) is 11.7 Å². The van der Waals surface area contributed by atoms with Crippen LogP contribution in [0.5, 0.6) is 0 Å². The van der Waals surface area contributed by atoms with E-state index in [9.17, 15) is 9.18 Å². The Labute approximate surface area is 101 Å². The summed E-state index contributed by atoms with van der Waals surface area (Å²) >= 11 is 0. The fraction of sp³-hybridized carbons (Fsp3) is 0.385. The van der Waals surface area contributed by atoms with Gasteiger partial charge in [-0.3, -0.25) is 4.79 Å². The van der Waals surface area contributed by atoms with Gasteiger partial charge < -0.3 is 0 Å². The second-order valence-electron chi connectivity index (χ2n) is 4.01. The predicted octanol–water partition coefficient (Wildman–Crippen LogP) is 2.98. The maximum Gasteiger partial charge on any atom is 0.271 e. The van der Waals surface area contributed by atoms with Gasteiger partial charge in [-0.2, -0.15) is 5.10 Å². The summed E-state index contributed by atoms with van der Waals surface area (Å²) in [6, 6.07) is 5.36. The van der Waals surface area contributed by atoms with E-state index in [0.717, 1.165) is 12.1 Å². The fourth-order valence-electron chi connectivity index (χ4n) is 1.21. The summed E-state index contributed by atoms with van der Waals surface area (Å²) in [7, 11) is 0. The molecule has 0 heterocycles. The molecule has 1 rings (SSSR count). The number of carbonyl (C=O) groups excluding carboxylic acids is 1. The lowest BCUT2D eigenvalue weighted by Gasteiger charge is -2.07. The number of nitrogens with one attached hydrogen (secondary N) is 1. The van der Waals surface area contributed by atoms with Gasteiger partial charge in [0.2, 0.25) is 0 Å². The Hall–Kier alpha value is -1.71. The van der Waals surface area contributed by atoms with Crippen molar-refractivity contribution in [1.82, 2.24) is 5.43 Å². The average molecular weight is 236 g/mol. The topological polar surface area (TPSA) is 41.5 Å². The summed E-state index contributed by atoms with van der Waals surface area (Å²) < 4.78 is 12.7. The number of benzene rings is 1. The monoisotopic (exact) mass is 236 g/mol. The van der Waals surface area contributed by atoms with Gasteiger partial charge in [-0.25, -0.2) is 9.82 Å². The lowest BCUT2D eigenvalue weighted by molar-refractivity contribution is 0.0954. The van der Waals surface area contributed by atoms with Crippen LogP contribution in [0.15, 0.2) is 29.4 Å². The molecule has 3 nitrogen and oxygen atoms in total. The number of hydrazone groups is 1. The van der Waals surface area contributed by atoms with Crippen LogP contribution in [-0.4, -0.2) is 11.6 Å². The molecule has 1 aromatic rings. The third-order valence-corrected chi connectivity index (χ3v) is 2.77. The third kappa shape index (κ3) is 3.98. The van der Waals surface area contributed by atoms with E-state index in [0.29, 0.717) is 11.5 Å². The highest BCUT2D eigenvalue weighted by Gasteiger charge is 2.06. The van der Waals surface area contributed by atoms with Crippen molar-refractivity contribution >= 4 is 11.6 Å². The molecule has 0 aliphatic heterocycles. The van der Waals surface area contributed by atoms with Crippen LogP contribution in [0, 0.1) is 11.7 Å². The Morgan fingerprint density at radius 2 is 2.00 bits per heavy atom. The lowest BCUT2D eigenvalue weighted by atomic mass is 10.1. The molecule has 17 heavy (non-hydrogen) atoms. The van der Waals surface area contributed by atoms with E-state index in [2.05, 4.69) is 17.5 Å². The molecule has 0 saturated heterocycles. The molecule has 0 aromatic heterocycles. The summed E-state index contributed by atoms with van der Waals surface area (Å²) in [5.41, 5.74) is 3.73. The van der Waals surface area contributed by atoms with Crippen LogP contribution in [0.25, 0.3) is 0 Å². The van der Waals surface area contributed by atoms with E-state index in [1.54, 1.807) is 0 Å². The van der Waals surface area contributed by atoms with Gasteiger partial charge in [0.25, 0.3) is 5.91 Å². The van der Waals surface area contributed by atoms with Crippen molar-refractivity contribution in [3.05, 3.63) is 35.6 Å². The minimum Gasteiger partial charge on any atom is -0.267 e. The molecule has 1 aromatic carbocycles. The van der Waals surface area contributed by atoms with Crippen LogP contribution in [0.3, 0.4) is 0 Å². The first kappa shape index (κ1) is 13.4. The van der Waals surface area contributed by atoms with Crippen molar-refractivity contribution in [1.29, 1.82) is 0 Å². The van der Waals surface area contributed by atoms with Crippen LogP contribution in [0.4, 0.5) is 4.39 Å². The van der Waals surface area contributed by atoms with Crippen LogP contribution < -0.4 is 5.43 Å². The summed E-state index contributed by atoms with van der Waals surface area (Å²) in [5, 5.41) is 4.02. The predicted molar refractivity (Wildman–Crippen MR) is 66.4 cm³/mol. The molecule has 0 bridgehead atoms. The Kier molecular flexibility index (Phi) is 4.82. The highest BCUT2D eigenvalue weighted by atomic mass is 19.1. The number of hydrogen-bond acceptors (Lipinski definition) is 2. The largest absolute Gasteiger partial charge is 0.271 e.